The zero-order valence-corrected chi connectivity index (χ0v) is 11.9. The second kappa shape index (κ2) is 7.55. The summed E-state index contributed by atoms with van der Waals surface area (Å²) in [5.74, 6) is -1.56. The SMILES string of the molecule is O=[N+]([O-])c1cccc(N/N=C\c2ccc(CSC(F)F)o2)c1. The van der Waals surface area contributed by atoms with E-state index in [-0.39, 0.29) is 11.4 Å². The molecule has 0 unspecified atom stereocenters. The first-order chi connectivity index (χ1) is 10.5. The Labute approximate surface area is 128 Å². The molecule has 1 aromatic carbocycles. The topological polar surface area (TPSA) is 80.7 Å². The second-order valence-electron chi connectivity index (χ2n) is 4.05. The average Bonchev–Trinajstić information content (AvgIpc) is 2.93. The van der Waals surface area contributed by atoms with Crippen molar-refractivity contribution in [3.8, 4) is 0 Å². The first-order valence-electron chi connectivity index (χ1n) is 6.06. The van der Waals surface area contributed by atoms with Crippen molar-refractivity contribution in [1.29, 1.82) is 0 Å². The number of alkyl halides is 2. The summed E-state index contributed by atoms with van der Waals surface area (Å²) in [5, 5.41) is 14.5. The number of non-ortho nitro benzene ring substituents is 1. The molecule has 1 N–H and O–H groups in total. The number of furan rings is 1. The highest BCUT2D eigenvalue weighted by molar-refractivity contribution is 7.98. The van der Waals surface area contributed by atoms with Gasteiger partial charge in [-0.25, -0.2) is 0 Å². The number of nitrogens with one attached hydrogen (secondary N) is 1. The molecule has 0 spiro atoms. The molecule has 0 atom stereocenters. The number of rotatable bonds is 7. The molecule has 2 rings (SSSR count). The molecule has 2 aromatic rings. The van der Waals surface area contributed by atoms with Crippen LogP contribution in [0.2, 0.25) is 0 Å². The summed E-state index contributed by atoms with van der Waals surface area (Å²) in [6.07, 6.45) is 1.36. The minimum absolute atomic E-state index is 0.0514. The Morgan fingerprint density at radius 1 is 1.41 bits per heavy atom. The van der Waals surface area contributed by atoms with Gasteiger partial charge in [-0.05, 0) is 18.2 Å². The number of thioether (sulfide) groups is 1. The number of hydrazone groups is 1. The molecule has 0 saturated heterocycles. The highest BCUT2D eigenvalue weighted by Crippen LogP contribution is 2.21. The molecule has 0 radical (unpaired) electrons. The van der Waals surface area contributed by atoms with Crippen LogP contribution >= 0.6 is 11.8 Å². The van der Waals surface area contributed by atoms with E-state index in [2.05, 4.69) is 10.5 Å². The molecule has 0 amide bonds. The van der Waals surface area contributed by atoms with Crippen LogP contribution in [0.25, 0.3) is 0 Å². The number of hydrogen-bond acceptors (Lipinski definition) is 6. The summed E-state index contributed by atoms with van der Waals surface area (Å²) in [7, 11) is 0. The van der Waals surface area contributed by atoms with E-state index in [9.17, 15) is 18.9 Å². The van der Waals surface area contributed by atoms with Gasteiger partial charge < -0.3 is 4.42 Å². The normalized spacial score (nSPS) is 11.2. The summed E-state index contributed by atoms with van der Waals surface area (Å²) < 4.78 is 29.4. The van der Waals surface area contributed by atoms with Crippen LogP contribution in [0, 0.1) is 10.1 Å². The fourth-order valence-corrected chi connectivity index (χ4v) is 1.99. The zero-order valence-electron chi connectivity index (χ0n) is 11.1. The number of halogens is 2. The average molecular weight is 327 g/mol. The monoisotopic (exact) mass is 327 g/mol. The number of nitrogens with zero attached hydrogens (tertiary/aromatic N) is 2. The van der Waals surface area contributed by atoms with Crippen LogP contribution in [0.3, 0.4) is 0 Å². The molecule has 0 saturated carbocycles. The maximum Gasteiger partial charge on any atom is 0.284 e. The van der Waals surface area contributed by atoms with E-state index < -0.39 is 10.7 Å². The van der Waals surface area contributed by atoms with E-state index in [0.717, 1.165) is 0 Å². The highest BCUT2D eigenvalue weighted by Gasteiger charge is 2.07. The Hall–Kier alpha value is -2.42. The van der Waals surface area contributed by atoms with Crippen molar-refractivity contribution in [3.63, 3.8) is 0 Å². The third-order valence-corrected chi connectivity index (χ3v) is 3.18. The van der Waals surface area contributed by atoms with Crippen molar-refractivity contribution in [1.82, 2.24) is 0 Å². The molecule has 0 aliphatic carbocycles. The molecule has 0 bridgehead atoms. The van der Waals surface area contributed by atoms with E-state index in [1.54, 1.807) is 18.2 Å². The fraction of sp³-hybridized carbons (Fsp3) is 0.154. The van der Waals surface area contributed by atoms with Gasteiger partial charge in [-0.3, -0.25) is 15.5 Å². The van der Waals surface area contributed by atoms with E-state index >= 15 is 0 Å². The largest absolute Gasteiger partial charge is 0.459 e. The van der Waals surface area contributed by atoms with Crippen molar-refractivity contribution >= 4 is 29.4 Å². The Balaban J connectivity index is 1.92. The standard InChI is InChI=1S/C13H11F2N3O3S/c14-13(15)22-8-12-5-4-11(21-12)7-16-17-9-2-1-3-10(6-9)18(19)20/h1-7,13,17H,8H2/b16-7-. The minimum Gasteiger partial charge on any atom is -0.459 e. The molecule has 0 aliphatic heterocycles. The molecule has 0 aliphatic rings. The molecule has 1 heterocycles. The molecule has 116 valence electrons. The molecular weight excluding hydrogens is 316 g/mol. The van der Waals surface area contributed by atoms with E-state index in [4.69, 9.17) is 4.42 Å². The summed E-state index contributed by atoms with van der Waals surface area (Å²) in [6, 6.07) is 9.04. The lowest BCUT2D eigenvalue weighted by molar-refractivity contribution is -0.384. The predicted octanol–water partition coefficient (Wildman–Crippen LogP) is 4.09. The number of hydrogen-bond donors (Lipinski definition) is 1. The molecule has 22 heavy (non-hydrogen) atoms. The van der Waals surface area contributed by atoms with E-state index in [0.29, 0.717) is 29.0 Å². The maximum atomic E-state index is 12.0. The van der Waals surface area contributed by atoms with Crippen LogP contribution in [0.15, 0.2) is 45.9 Å². The minimum atomic E-state index is -2.45. The van der Waals surface area contributed by atoms with Crippen LogP contribution in [-0.4, -0.2) is 16.9 Å². The number of nitro groups is 1. The lowest BCUT2D eigenvalue weighted by Crippen LogP contribution is -1.92. The van der Waals surface area contributed by atoms with Crippen molar-refractivity contribution in [2.24, 2.45) is 5.10 Å². The quantitative estimate of drug-likeness (QED) is 0.470. The van der Waals surface area contributed by atoms with Gasteiger partial charge in [-0.15, -0.1) is 0 Å². The first-order valence-corrected chi connectivity index (χ1v) is 7.11. The van der Waals surface area contributed by atoms with Crippen LogP contribution < -0.4 is 5.43 Å². The lowest BCUT2D eigenvalue weighted by Gasteiger charge is -1.99. The smallest absolute Gasteiger partial charge is 0.284 e. The van der Waals surface area contributed by atoms with Gasteiger partial charge in [-0.2, -0.15) is 13.9 Å². The van der Waals surface area contributed by atoms with Crippen LogP contribution in [0.5, 0.6) is 0 Å². The van der Waals surface area contributed by atoms with Gasteiger partial charge in [0.25, 0.3) is 11.4 Å². The Kier molecular flexibility index (Phi) is 5.48. The summed E-state index contributed by atoms with van der Waals surface area (Å²) in [4.78, 5) is 10.1. The zero-order chi connectivity index (χ0) is 15.9. The summed E-state index contributed by atoms with van der Waals surface area (Å²) in [6.45, 7) is 0. The Morgan fingerprint density at radius 3 is 2.95 bits per heavy atom. The predicted molar refractivity (Wildman–Crippen MR) is 80.3 cm³/mol. The maximum absolute atomic E-state index is 12.0. The Morgan fingerprint density at radius 2 is 2.23 bits per heavy atom. The van der Waals surface area contributed by atoms with Gasteiger partial charge >= 0.3 is 0 Å². The third kappa shape index (κ3) is 4.85. The van der Waals surface area contributed by atoms with Gasteiger partial charge in [0.1, 0.15) is 11.5 Å². The third-order valence-electron chi connectivity index (χ3n) is 2.48. The van der Waals surface area contributed by atoms with E-state index in [1.807, 2.05) is 0 Å². The second-order valence-corrected chi connectivity index (χ2v) is 5.03. The number of benzene rings is 1. The van der Waals surface area contributed by atoms with Crippen molar-refractivity contribution in [2.45, 2.75) is 11.5 Å². The number of nitro benzene ring substituents is 1. The highest BCUT2D eigenvalue weighted by atomic mass is 32.2. The molecule has 0 fully saturated rings. The van der Waals surface area contributed by atoms with Gasteiger partial charge in [0.15, 0.2) is 0 Å². The fourth-order valence-electron chi connectivity index (χ4n) is 1.55. The van der Waals surface area contributed by atoms with Crippen LogP contribution in [0.1, 0.15) is 11.5 Å². The molecule has 1 aromatic heterocycles. The van der Waals surface area contributed by atoms with Gasteiger partial charge in [0.05, 0.1) is 22.6 Å². The lowest BCUT2D eigenvalue weighted by atomic mass is 10.3. The van der Waals surface area contributed by atoms with Crippen molar-refractivity contribution in [2.75, 3.05) is 5.43 Å². The van der Waals surface area contributed by atoms with Gasteiger partial charge in [-0.1, -0.05) is 17.8 Å². The Bertz CT molecular complexity index is 676. The van der Waals surface area contributed by atoms with Gasteiger partial charge in [0.2, 0.25) is 0 Å². The van der Waals surface area contributed by atoms with Gasteiger partial charge in [0, 0.05) is 12.1 Å². The molecule has 6 nitrogen and oxygen atoms in total. The molecule has 9 heteroatoms. The van der Waals surface area contributed by atoms with Crippen LogP contribution in [0.4, 0.5) is 20.2 Å². The van der Waals surface area contributed by atoms with E-state index in [1.165, 1.54) is 24.4 Å². The summed E-state index contributed by atoms with van der Waals surface area (Å²) in [5.41, 5.74) is 3.03. The summed E-state index contributed by atoms with van der Waals surface area (Å²) >= 11 is 0.472. The van der Waals surface area contributed by atoms with Crippen molar-refractivity contribution < 1.29 is 18.1 Å². The number of anilines is 1. The van der Waals surface area contributed by atoms with Crippen LogP contribution in [-0.2, 0) is 5.75 Å². The first kappa shape index (κ1) is 16.0. The molecular formula is C13H11F2N3O3S. The van der Waals surface area contributed by atoms with Crippen molar-refractivity contribution in [3.05, 3.63) is 58.0 Å².